The molecule has 0 radical (unpaired) electrons. The Morgan fingerprint density at radius 1 is 0.923 bits per heavy atom. The van der Waals surface area contributed by atoms with Crippen molar-refractivity contribution in [3.63, 3.8) is 0 Å². The average Bonchev–Trinajstić information content (AvgIpc) is 2.56. The first-order valence-electron chi connectivity index (χ1n) is 4.61. The first-order chi connectivity index (χ1) is 6.45. The Morgan fingerprint density at radius 2 is 1.77 bits per heavy atom. The van der Waals surface area contributed by atoms with Crippen LogP contribution < -0.4 is 0 Å². The van der Waals surface area contributed by atoms with Gasteiger partial charge in [-0.3, -0.25) is 0 Å². The topological polar surface area (TPSA) is 0 Å². The summed E-state index contributed by atoms with van der Waals surface area (Å²) in [4.78, 5) is 0. The molecule has 1 aromatic heterocycles. The minimum Gasteiger partial charge on any atom is -0.0802 e. The number of fused-ring (bicyclic) bond motifs is 3. The summed E-state index contributed by atoms with van der Waals surface area (Å²) in [6.45, 7) is 0. The van der Waals surface area contributed by atoms with E-state index in [0.717, 1.165) is 6.42 Å². The maximum absolute atomic E-state index is 2.42. The standard InChI is InChI=1S/C12H10Si/c1-2-4-11-9(3-1)7-10-5-6-13-8-12(10)11/h1-6,8,13H,7H2. The zero-order chi connectivity index (χ0) is 8.67. The molecule has 1 heterocycles. The van der Waals surface area contributed by atoms with E-state index < -0.39 is 0 Å². The average molecular weight is 182 g/mol. The van der Waals surface area contributed by atoms with Crippen LogP contribution in [0.15, 0.2) is 41.7 Å². The third-order valence-electron chi connectivity index (χ3n) is 2.71. The fourth-order valence-corrected chi connectivity index (χ4v) is 3.12. The van der Waals surface area contributed by atoms with Gasteiger partial charge in [0.2, 0.25) is 0 Å². The molecule has 0 bridgehead atoms. The van der Waals surface area contributed by atoms with E-state index in [1.54, 1.807) is 0 Å². The summed E-state index contributed by atoms with van der Waals surface area (Å²) in [5, 5.41) is 0. The molecule has 13 heavy (non-hydrogen) atoms. The molecule has 62 valence electrons. The highest BCUT2D eigenvalue weighted by Crippen LogP contribution is 2.34. The molecule has 1 aromatic carbocycles. The zero-order valence-corrected chi connectivity index (χ0v) is 8.48. The van der Waals surface area contributed by atoms with Crippen molar-refractivity contribution in [2.45, 2.75) is 6.42 Å². The van der Waals surface area contributed by atoms with Crippen LogP contribution in [0.3, 0.4) is 0 Å². The zero-order valence-electron chi connectivity index (χ0n) is 7.33. The molecule has 0 N–H and O–H groups in total. The molecule has 2 aromatic rings. The maximum atomic E-state index is 2.42. The quantitative estimate of drug-likeness (QED) is 0.468. The fourth-order valence-electron chi connectivity index (χ4n) is 2.08. The largest absolute Gasteiger partial charge is 0.0802 e. The lowest BCUT2D eigenvalue weighted by Gasteiger charge is -1.98. The summed E-state index contributed by atoms with van der Waals surface area (Å²) in [6.07, 6.45) is 1.14. The summed E-state index contributed by atoms with van der Waals surface area (Å²) < 4.78 is 0. The van der Waals surface area contributed by atoms with Gasteiger partial charge in [-0.1, -0.05) is 41.7 Å². The summed E-state index contributed by atoms with van der Waals surface area (Å²) in [6, 6.07) is 11.1. The molecule has 0 saturated carbocycles. The van der Waals surface area contributed by atoms with Gasteiger partial charge in [-0.25, -0.2) is 0 Å². The SMILES string of the molecule is c1ccc2c(c1)Cc1cc[siH]cc1-2. The van der Waals surface area contributed by atoms with Crippen molar-refractivity contribution in [1.82, 2.24) is 0 Å². The van der Waals surface area contributed by atoms with Crippen molar-refractivity contribution in [3.05, 3.63) is 52.8 Å². The molecule has 0 amide bonds. The molecule has 0 fully saturated rings. The Labute approximate surface area is 80.0 Å². The van der Waals surface area contributed by atoms with Crippen LogP contribution in [0.25, 0.3) is 11.1 Å². The second-order valence-corrected chi connectivity index (χ2v) is 4.59. The minimum atomic E-state index is 0.409. The molecule has 0 nitrogen and oxygen atoms in total. The van der Waals surface area contributed by atoms with Gasteiger partial charge in [0.15, 0.2) is 0 Å². The van der Waals surface area contributed by atoms with E-state index in [2.05, 4.69) is 41.7 Å². The van der Waals surface area contributed by atoms with Crippen LogP contribution in [0.5, 0.6) is 0 Å². The second kappa shape index (κ2) is 2.64. The summed E-state index contributed by atoms with van der Waals surface area (Å²) in [5.41, 5.74) is 10.7. The minimum absolute atomic E-state index is 0.409. The molecule has 3 rings (SSSR count). The lowest BCUT2D eigenvalue weighted by molar-refractivity contribution is 1.27. The van der Waals surface area contributed by atoms with Gasteiger partial charge in [-0.05, 0) is 28.7 Å². The van der Waals surface area contributed by atoms with Gasteiger partial charge in [0.1, 0.15) is 0 Å². The molecule has 0 spiro atoms. The van der Waals surface area contributed by atoms with E-state index in [0.29, 0.717) is 9.12 Å². The lowest BCUT2D eigenvalue weighted by atomic mass is 10.1. The molecule has 1 heteroatoms. The highest BCUT2D eigenvalue weighted by molar-refractivity contribution is 6.28. The number of hydrogen-bond donors (Lipinski definition) is 0. The molecule has 0 aliphatic heterocycles. The highest BCUT2D eigenvalue weighted by Gasteiger charge is 2.15. The van der Waals surface area contributed by atoms with Crippen molar-refractivity contribution in [1.29, 1.82) is 0 Å². The van der Waals surface area contributed by atoms with E-state index in [4.69, 9.17) is 0 Å². The van der Waals surface area contributed by atoms with Crippen molar-refractivity contribution in [3.8, 4) is 11.1 Å². The van der Waals surface area contributed by atoms with Crippen LogP contribution >= 0.6 is 0 Å². The third kappa shape index (κ3) is 1.01. The molecule has 1 aliphatic rings. The van der Waals surface area contributed by atoms with Gasteiger partial charge >= 0.3 is 0 Å². The smallest absolute Gasteiger partial charge is 0.0206 e. The number of rotatable bonds is 0. The molecular weight excluding hydrogens is 172 g/mol. The van der Waals surface area contributed by atoms with E-state index in [9.17, 15) is 0 Å². The van der Waals surface area contributed by atoms with Gasteiger partial charge in [0.05, 0.1) is 0 Å². The molecule has 0 saturated heterocycles. The molecule has 0 atom stereocenters. The summed E-state index contributed by atoms with van der Waals surface area (Å²) in [7, 11) is 0.409. The van der Waals surface area contributed by atoms with Crippen LogP contribution in [0.2, 0.25) is 0 Å². The van der Waals surface area contributed by atoms with Crippen molar-refractivity contribution >= 4 is 9.12 Å². The van der Waals surface area contributed by atoms with Crippen molar-refractivity contribution < 1.29 is 0 Å². The Bertz CT molecular complexity index is 417. The Morgan fingerprint density at radius 3 is 2.77 bits per heavy atom. The van der Waals surface area contributed by atoms with Crippen LogP contribution in [-0.2, 0) is 6.42 Å². The van der Waals surface area contributed by atoms with Crippen molar-refractivity contribution in [2.75, 3.05) is 0 Å². The monoisotopic (exact) mass is 182 g/mol. The summed E-state index contributed by atoms with van der Waals surface area (Å²) in [5.74, 6) is 0. The summed E-state index contributed by atoms with van der Waals surface area (Å²) >= 11 is 0. The van der Waals surface area contributed by atoms with E-state index in [-0.39, 0.29) is 0 Å². The Balaban J connectivity index is 2.32. The van der Waals surface area contributed by atoms with Gasteiger partial charge in [-0.2, -0.15) is 0 Å². The Kier molecular flexibility index (Phi) is 1.46. The van der Waals surface area contributed by atoms with Gasteiger partial charge in [0.25, 0.3) is 0 Å². The number of hydrogen-bond acceptors (Lipinski definition) is 0. The Hall–Kier alpha value is -1.21. The van der Waals surface area contributed by atoms with Gasteiger partial charge < -0.3 is 0 Å². The third-order valence-corrected chi connectivity index (χ3v) is 3.65. The highest BCUT2D eigenvalue weighted by atomic mass is 28.2. The van der Waals surface area contributed by atoms with Gasteiger partial charge in [-0.15, -0.1) is 0 Å². The predicted molar refractivity (Wildman–Crippen MR) is 57.4 cm³/mol. The van der Waals surface area contributed by atoms with E-state index >= 15 is 0 Å². The van der Waals surface area contributed by atoms with Gasteiger partial charge in [0, 0.05) is 9.12 Å². The van der Waals surface area contributed by atoms with Crippen LogP contribution in [0, 0.1) is 0 Å². The molecule has 0 unspecified atom stereocenters. The maximum Gasteiger partial charge on any atom is 0.0206 e. The van der Waals surface area contributed by atoms with Crippen molar-refractivity contribution in [2.24, 2.45) is 0 Å². The van der Waals surface area contributed by atoms with Crippen LogP contribution in [0.1, 0.15) is 11.1 Å². The first-order valence-corrected chi connectivity index (χ1v) is 5.95. The molecular formula is C12H10Si. The second-order valence-electron chi connectivity index (χ2n) is 3.49. The van der Waals surface area contributed by atoms with E-state index in [1.165, 1.54) is 22.3 Å². The first kappa shape index (κ1) is 7.22. The molecule has 1 aliphatic carbocycles. The number of benzene rings is 1. The normalized spacial score (nSPS) is 12.3. The van der Waals surface area contributed by atoms with E-state index in [1.807, 2.05) is 0 Å². The fraction of sp³-hybridized carbons (Fsp3) is 0.0833. The van der Waals surface area contributed by atoms with Crippen LogP contribution in [0.4, 0.5) is 0 Å². The lowest BCUT2D eigenvalue weighted by Crippen LogP contribution is -1.79. The van der Waals surface area contributed by atoms with Crippen LogP contribution in [-0.4, -0.2) is 9.12 Å². The predicted octanol–water partition coefficient (Wildman–Crippen LogP) is 2.33.